The molecule has 0 aromatic carbocycles. The van der Waals surface area contributed by atoms with Crippen LogP contribution in [0, 0.1) is 0 Å². The fourth-order valence-electron chi connectivity index (χ4n) is 2.74. The van der Waals surface area contributed by atoms with Gasteiger partial charge in [-0.1, -0.05) is 38.3 Å². The molecule has 0 spiro atoms. The Labute approximate surface area is 117 Å². The summed E-state index contributed by atoms with van der Waals surface area (Å²) in [7, 11) is 0. The molecule has 0 bridgehead atoms. The SMILES string of the molecule is CCCCCN1CCN(C(CCC)/C(N)=N/O)CC1. The van der Waals surface area contributed by atoms with E-state index >= 15 is 0 Å². The van der Waals surface area contributed by atoms with E-state index in [1.807, 2.05) is 0 Å². The van der Waals surface area contributed by atoms with E-state index in [1.165, 1.54) is 25.8 Å². The highest BCUT2D eigenvalue weighted by molar-refractivity contribution is 5.85. The number of hydrogen-bond acceptors (Lipinski definition) is 4. The topological polar surface area (TPSA) is 65.1 Å². The summed E-state index contributed by atoms with van der Waals surface area (Å²) in [5.41, 5.74) is 5.81. The van der Waals surface area contributed by atoms with E-state index in [2.05, 4.69) is 28.8 Å². The first-order valence-electron chi connectivity index (χ1n) is 7.66. The zero-order valence-electron chi connectivity index (χ0n) is 12.5. The Morgan fingerprint density at radius 3 is 2.37 bits per heavy atom. The van der Waals surface area contributed by atoms with Crippen molar-refractivity contribution in [3.63, 3.8) is 0 Å². The average molecular weight is 270 g/mol. The number of rotatable bonds is 8. The minimum Gasteiger partial charge on any atom is -0.409 e. The molecule has 0 aliphatic carbocycles. The summed E-state index contributed by atoms with van der Waals surface area (Å²) in [6.45, 7) is 9.83. The molecule has 1 atom stereocenters. The molecule has 1 saturated heterocycles. The van der Waals surface area contributed by atoms with Crippen LogP contribution in [-0.2, 0) is 0 Å². The Morgan fingerprint density at radius 2 is 1.84 bits per heavy atom. The van der Waals surface area contributed by atoms with Gasteiger partial charge in [0.2, 0.25) is 0 Å². The van der Waals surface area contributed by atoms with Crippen molar-refractivity contribution in [3.05, 3.63) is 0 Å². The van der Waals surface area contributed by atoms with Gasteiger partial charge in [-0.3, -0.25) is 4.90 Å². The fraction of sp³-hybridized carbons (Fsp3) is 0.929. The predicted octanol–water partition coefficient (Wildman–Crippen LogP) is 1.71. The Hall–Kier alpha value is -0.810. The molecule has 1 aliphatic rings. The van der Waals surface area contributed by atoms with Gasteiger partial charge in [0.15, 0.2) is 5.84 Å². The van der Waals surface area contributed by atoms with Crippen LogP contribution >= 0.6 is 0 Å². The summed E-state index contributed by atoms with van der Waals surface area (Å²) in [6, 6.07) is 0.104. The van der Waals surface area contributed by atoms with Crippen molar-refractivity contribution >= 4 is 5.84 Å². The van der Waals surface area contributed by atoms with E-state index in [0.29, 0.717) is 5.84 Å². The van der Waals surface area contributed by atoms with Crippen LogP contribution in [0.15, 0.2) is 5.16 Å². The molecule has 1 aliphatic heterocycles. The first kappa shape index (κ1) is 16.2. The minimum absolute atomic E-state index is 0.104. The number of nitrogens with two attached hydrogens (primary N) is 1. The Kier molecular flexibility index (Phi) is 7.82. The van der Waals surface area contributed by atoms with Gasteiger partial charge in [0.05, 0.1) is 6.04 Å². The molecule has 5 heteroatoms. The van der Waals surface area contributed by atoms with Gasteiger partial charge < -0.3 is 15.8 Å². The molecule has 0 radical (unpaired) electrons. The number of oxime groups is 1. The van der Waals surface area contributed by atoms with Crippen LogP contribution in [0.4, 0.5) is 0 Å². The number of piperazine rings is 1. The lowest BCUT2D eigenvalue weighted by Crippen LogP contribution is -2.54. The van der Waals surface area contributed by atoms with Crippen LogP contribution in [0.2, 0.25) is 0 Å². The first-order chi connectivity index (χ1) is 9.22. The van der Waals surface area contributed by atoms with E-state index in [-0.39, 0.29) is 6.04 Å². The summed E-state index contributed by atoms with van der Waals surface area (Å²) in [5.74, 6) is 0.362. The fourth-order valence-corrected chi connectivity index (χ4v) is 2.74. The highest BCUT2D eigenvalue weighted by Crippen LogP contribution is 2.12. The number of hydrogen-bond donors (Lipinski definition) is 2. The molecule has 0 saturated carbocycles. The quantitative estimate of drug-likeness (QED) is 0.232. The van der Waals surface area contributed by atoms with Gasteiger partial charge in [-0.05, 0) is 19.4 Å². The molecule has 1 unspecified atom stereocenters. The smallest absolute Gasteiger partial charge is 0.156 e. The maximum Gasteiger partial charge on any atom is 0.156 e. The van der Waals surface area contributed by atoms with Gasteiger partial charge in [0.1, 0.15) is 0 Å². The van der Waals surface area contributed by atoms with Crippen molar-refractivity contribution in [2.45, 2.75) is 52.0 Å². The monoisotopic (exact) mass is 270 g/mol. The van der Waals surface area contributed by atoms with Gasteiger partial charge >= 0.3 is 0 Å². The molecule has 0 aromatic heterocycles. The lowest BCUT2D eigenvalue weighted by atomic mass is 10.1. The van der Waals surface area contributed by atoms with Gasteiger partial charge in [-0.2, -0.15) is 0 Å². The number of unbranched alkanes of at least 4 members (excludes halogenated alkanes) is 2. The van der Waals surface area contributed by atoms with Gasteiger partial charge in [-0.25, -0.2) is 0 Å². The molecule has 1 fully saturated rings. The van der Waals surface area contributed by atoms with E-state index < -0.39 is 0 Å². The molecule has 1 rings (SSSR count). The minimum atomic E-state index is 0.104. The molecular weight excluding hydrogens is 240 g/mol. The standard InChI is InChI=1S/C14H30N4O/c1-3-5-6-8-17-9-11-18(12-10-17)13(7-4-2)14(15)16-19/h13,19H,3-12H2,1-2H3,(H2,15,16). The second-order valence-electron chi connectivity index (χ2n) is 5.41. The Bertz CT molecular complexity index is 262. The molecule has 0 amide bonds. The van der Waals surface area contributed by atoms with Crippen LogP contribution in [0.25, 0.3) is 0 Å². The third-order valence-electron chi connectivity index (χ3n) is 3.94. The second kappa shape index (κ2) is 9.15. The normalized spacial score (nSPS) is 20.6. The highest BCUT2D eigenvalue weighted by atomic mass is 16.4. The van der Waals surface area contributed by atoms with Crippen LogP contribution in [0.3, 0.4) is 0 Å². The lowest BCUT2D eigenvalue weighted by molar-refractivity contribution is 0.111. The largest absolute Gasteiger partial charge is 0.409 e. The van der Waals surface area contributed by atoms with E-state index in [1.54, 1.807) is 0 Å². The van der Waals surface area contributed by atoms with Crippen LogP contribution in [0.1, 0.15) is 46.0 Å². The maximum atomic E-state index is 8.88. The van der Waals surface area contributed by atoms with E-state index in [4.69, 9.17) is 10.9 Å². The average Bonchev–Trinajstić information content (AvgIpc) is 2.45. The number of nitrogens with zero attached hydrogens (tertiary/aromatic N) is 3. The second-order valence-corrected chi connectivity index (χ2v) is 5.41. The maximum absolute atomic E-state index is 8.88. The molecule has 19 heavy (non-hydrogen) atoms. The Morgan fingerprint density at radius 1 is 1.16 bits per heavy atom. The summed E-state index contributed by atoms with van der Waals surface area (Å²) in [5, 5.41) is 12.1. The zero-order valence-corrected chi connectivity index (χ0v) is 12.5. The molecule has 112 valence electrons. The van der Waals surface area contributed by atoms with Crippen LogP contribution in [0.5, 0.6) is 0 Å². The molecule has 5 nitrogen and oxygen atoms in total. The van der Waals surface area contributed by atoms with Crippen molar-refractivity contribution in [1.82, 2.24) is 9.80 Å². The van der Waals surface area contributed by atoms with E-state index in [9.17, 15) is 0 Å². The summed E-state index contributed by atoms with van der Waals surface area (Å²) < 4.78 is 0. The van der Waals surface area contributed by atoms with Crippen molar-refractivity contribution in [2.24, 2.45) is 10.9 Å². The first-order valence-corrected chi connectivity index (χ1v) is 7.66. The highest BCUT2D eigenvalue weighted by Gasteiger charge is 2.25. The predicted molar refractivity (Wildman–Crippen MR) is 79.6 cm³/mol. The van der Waals surface area contributed by atoms with E-state index in [0.717, 1.165) is 39.0 Å². The van der Waals surface area contributed by atoms with Gasteiger partial charge in [0, 0.05) is 26.2 Å². The lowest BCUT2D eigenvalue weighted by Gasteiger charge is -2.38. The summed E-state index contributed by atoms with van der Waals surface area (Å²) in [4.78, 5) is 4.89. The molecular formula is C14H30N4O. The third kappa shape index (κ3) is 5.37. The van der Waals surface area contributed by atoms with Crippen molar-refractivity contribution < 1.29 is 5.21 Å². The number of amidine groups is 1. The van der Waals surface area contributed by atoms with Crippen molar-refractivity contribution in [1.29, 1.82) is 0 Å². The van der Waals surface area contributed by atoms with Gasteiger partial charge in [-0.15, -0.1) is 0 Å². The molecule has 1 heterocycles. The molecule has 3 N–H and O–H groups in total. The molecule has 0 aromatic rings. The zero-order chi connectivity index (χ0) is 14.1. The van der Waals surface area contributed by atoms with Gasteiger partial charge in [0.25, 0.3) is 0 Å². The van der Waals surface area contributed by atoms with Crippen LogP contribution in [-0.4, -0.2) is 59.6 Å². The van der Waals surface area contributed by atoms with Crippen molar-refractivity contribution in [2.75, 3.05) is 32.7 Å². The Balaban J connectivity index is 2.38. The third-order valence-corrected chi connectivity index (χ3v) is 3.94. The van der Waals surface area contributed by atoms with Crippen LogP contribution < -0.4 is 5.73 Å². The summed E-state index contributed by atoms with van der Waals surface area (Å²) >= 11 is 0. The summed E-state index contributed by atoms with van der Waals surface area (Å²) in [6.07, 6.45) is 5.92. The van der Waals surface area contributed by atoms with Crippen molar-refractivity contribution in [3.8, 4) is 0 Å².